The number of ether oxygens (including phenoxy) is 1. The summed E-state index contributed by atoms with van der Waals surface area (Å²) in [7, 11) is 3.46. The van der Waals surface area contributed by atoms with E-state index >= 15 is 0 Å². The van der Waals surface area contributed by atoms with Gasteiger partial charge < -0.3 is 14.9 Å². The molecule has 108 valence electrons. The average Bonchev–Trinajstić information content (AvgIpc) is 3.03. The maximum atomic E-state index is 6.20. The van der Waals surface area contributed by atoms with Crippen LogP contribution in [0, 0.1) is 6.92 Å². The zero-order valence-corrected chi connectivity index (χ0v) is 12.3. The van der Waals surface area contributed by atoms with Crippen molar-refractivity contribution in [3.05, 3.63) is 42.2 Å². The molecule has 0 radical (unpaired) electrons. The first-order chi connectivity index (χ1) is 10.1. The van der Waals surface area contributed by atoms with Crippen molar-refractivity contribution in [1.82, 2.24) is 9.78 Å². The highest BCUT2D eigenvalue weighted by Crippen LogP contribution is 2.38. The molecule has 2 heterocycles. The van der Waals surface area contributed by atoms with E-state index in [1.165, 1.54) is 0 Å². The average molecular weight is 283 g/mol. The number of furan rings is 1. The Kier molecular flexibility index (Phi) is 3.17. The highest BCUT2D eigenvalue weighted by molar-refractivity contribution is 5.87. The van der Waals surface area contributed by atoms with Gasteiger partial charge in [0.1, 0.15) is 17.3 Å². The second-order valence-corrected chi connectivity index (χ2v) is 4.90. The van der Waals surface area contributed by atoms with E-state index in [1.807, 2.05) is 44.3 Å². The fourth-order valence-corrected chi connectivity index (χ4v) is 2.37. The zero-order chi connectivity index (χ0) is 15.0. The number of aromatic nitrogens is 2. The number of nitrogen functional groups attached to an aromatic ring is 1. The minimum Gasteiger partial charge on any atom is -0.497 e. The molecule has 0 aliphatic carbocycles. The van der Waals surface area contributed by atoms with Gasteiger partial charge in [-0.25, -0.2) is 0 Å². The molecule has 2 N–H and O–H groups in total. The maximum absolute atomic E-state index is 6.20. The first-order valence-corrected chi connectivity index (χ1v) is 6.63. The first-order valence-electron chi connectivity index (χ1n) is 6.63. The van der Waals surface area contributed by atoms with Crippen molar-refractivity contribution in [2.24, 2.45) is 7.05 Å². The predicted octanol–water partition coefficient (Wildman–Crippen LogP) is 3.25. The second kappa shape index (κ2) is 5.01. The fraction of sp³-hybridized carbons (Fsp3) is 0.188. The molecule has 0 bridgehead atoms. The number of hydrogen-bond donors (Lipinski definition) is 1. The van der Waals surface area contributed by atoms with Crippen molar-refractivity contribution in [1.29, 1.82) is 0 Å². The molecule has 0 fully saturated rings. The van der Waals surface area contributed by atoms with Crippen LogP contribution >= 0.6 is 0 Å². The zero-order valence-electron chi connectivity index (χ0n) is 12.3. The van der Waals surface area contributed by atoms with Crippen molar-refractivity contribution in [2.45, 2.75) is 6.92 Å². The minimum absolute atomic E-state index is 0.592. The Morgan fingerprint density at radius 1 is 1.29 bits per heavy atom. The van der Waals surface area contributed by atoms with E-state index in [1.54, 1.807) is 18.1 Å². The lowest BCUT2D eigenvalue weighted by atomic mass is 10.0. The number of nitrogens with two attached hydrogens (primary N) is 1. The molecule has 0 saturated carbocycles. The number of rotatable bonds is 3. The molecule has 5 heteroatoms. The molecule has 2 aromatic heterocycles. The summed E-state index contributed by atoms with van der Waals surface area (Å²) >= 11 is 0. The fourth-order valence-electron chi connectivity index (χ4n) is 2.37. The molecular weight excluding hydrogens is 266 g/mol. The van der Waals surface area contributed by atoms with Gasteiger partial charge in [0, 0.05) is 7.05 Å². The minimum atomic E-state index is 0.592. The summed E-state index contributed by atoms with van der Waals surface area (Å²) < 4.78 is 12.5. The standard InChI is InChI=1S/C16H17N3O2/c1-10-7-8-21-15(10)14-13(16(17)19(2)18-14)11-5-4-6-12(9-11)20-3/h4-9H,17H2,1-3H3. The number of aryl methyl sites for hydroxylation is 2. The van der Waals surface area contributed by atoms with Crippen LogP contribution in [0.25, 0.3) is 22.6 Å². The van der Waals surface area contributed by atoms with Gasteiger partial charge in [0.25, 0.3) is 0 Å². The summed E-state index contributed by atoms with van der Waals surface area (Å²) in [5.74, 6) is 2.10. The summed E-state index contributed by atoms with van der Waals surface area (Å²) in [5.41, 5.74) is 9.77. The Bertz CT molecular complexity index is 787. The number of nitrogens with zero attached hydrogens (tertiary/aromatic N) is 2. The first kappa shape index (κ1) is 13.3. The van der Waals surface area contributed by atoms with Crippen LogP contribution in [0.2, 0.25) is 0 Å². The monoisotopic (exact) mass is 283 g/mol. The van der Waals surface area contributed by atoms with Crippen molar-refractivity contribution in [3.8, 4) is 28.3 Å². The van der Waals surface area contributed by atoms with E-state index in [0.29, 0.717) is 5.82 Å². The number of anilines is 1. The van der Waals surface area contributed by atoms with E-state index in [4.69, 9.17) is 14.9 Å². The Morgan fingerprint density at radius 2 is 2.10 bits per heavy atom. The lowest BCUT2D eigenvalue weighted by Gasteiger charge is -2.06. The summed E-state index contributed by atoms with van der Waals surface area (Å²) in [5, 5.41) is 4.50. The largest absolute Gasteiger partial charge is 0.497 e. The van der Waals surface area contributed by atoms with E-state index in [2.05, 4.69) is 5.10 Å². The summed E-state index contributed by atoms with van der Waals surface area (Å²) in [6, 6.07) is 9.66. The van der Waals surface area contributed by atoms with Gasteiger partial charge in [-0.05, 0) is 36.2 Å². The van der Waals surface area contributed by atoms with Gasteiger partial charge in [-0.3, -0.25) is 4.68 Å². The lowest BCUT2D eigenvalue weighted by molar-refractivity contribution is 0.415. The molecule has 3 aromatic rings. The number of methoxy groups -OCH3 is 1. The quantitative estimate of drug-likeness (QED) is 0.801. The summed E-state index contributed by atoms with van der Waals surface area (Å²) in [6.45, 7) is 1.99. The molecule has 21 heavy (non-hydrogen) atoms. The highest BCUT2D eigenvalue weighted by atomic mass is 16.5. The van der Waals surface area contributed by atoms with Gasteiger partial charge in [-0.1, -0.05) is 12.1 Å². The Balaban J connectivity index is 2.24. The number of hydrogen-bond acceptors (Lipinski definition) is 4. The van der Waals surface area contributed by atoms with Gasteiger partial charge in [0.2, 0.25) is 0 Å². The topological polar surface area (TPSA) is 66.2 Å². The van der Waals surface area contributed by atoms with Crippen LogP contribution in [0.15, 0.2) is 41.0 Å². The van der Waals surface area contributed by atoms with E-state index in [0.717, 1.165) is 33.9 Å². The van der Waals surface area contributed by atoms with Crippen LogP contribution < -0.4 is 10.5 Å². The van der Waals surface area contributed by atoms with E-state index in [9.17, 15) is 0 Å². The molecule has 0 atom stereocenters. The van der Waals surface area contributed by atoms with Crippen LogP contribution in [0.3, 0.4) is 0 Å². The Hall–Kier alpha value is -2.69. The van der Waals surface area contributed by atoms with E-state index in [-0.39, 0.29) is 0 Å². The van der Waals surface area contributed by atoms with Gasteiger partial charge in [-0.2, -0.15) is 5.10 Å². The lowest BCUT2D eigenvalue weighted by Crippen LogP contribution is -1.98. The SMILES string of the molecule is COc1cccc(-c2c(-c3occc3C)nn(C)c2N)c1. The molecule has 0 saturated heterocycles. The Morgan fingerprint density at radius 3 is 2.76 bits per heavy atom. The smallest absolute Gasteiger partial charge is 0.157 e. The van der Waals surface area contributed by atoms with Gasteiger partial charge in [0.15, 0.2) is 5.76 Å². The van der Waals surface area contributed by atoms with Gasteiger partial charge in [0.05, 0.1) is 18.9 Å². The normalized spacial score (nSPS) is 10.8. The molecular formula is C16H17N3O2. The molecule has 0 spiro atoms. The maximum Gasteiger partial charge on any atom is 0.157 e. The van der Waals surface area contributed by atoms with Crippen LogP contribution in [-0.2, 0) is 7.05 Å². The molecule has 0 aliphatic rings. The second-order valence-electron chi connectivity index (χ2n) is 4.90. The third-order valence-electron chi connectivity index (χ3n) is 3.53. The Labute approximate surface area is 122 Å². The van der Waals surface area contributed by atoms with Crippen LogP contribution in [0.5, 0.6) is 5.75 Å². The molecule has 3 rings (SSSR count). The molecule has 1 aromatic carbocycles. The molecule has 0 aliphatic heterocycles. The summed E-state index contributed by atoms with van der Waals surface area (Å²) in [4.78, 5) is 0. The van der Waals surface area contributed by atoms with Gasteiger partial charge in [-0.15, -0.1) is 0 Å². The molecule has 0 unspecified atom stereocenters. The van der Waals surface area contributed by atoms with Crippen molar-refractivity contribution in [3.63, 3.8) is 0 Å². The van der Waals surface area contributed by atoms with E-state index < -0.39 is 0 Å². The van der Waals surface area contributed by atoms with Crippen LogP contribution in [0.1, 0.15) is 5.56 Å². The third kappa shape index (κ3) is 2.16. The summed E-state index contributed by atoms with van der Waals surface area (Å²) in [6.07, 6.45) is 1.66. The predicted molar refractivity (Wildman–Crippen MR) is 82.0 cm³/mol. The number of benzene rings is 1. The van der Waals surface area contributed by atoms with Crippen molar-refractivity contribution in [2.75, 3.05) is 12.8 Å². The van der Waals surface area contributed by atoms with Gasteiger partial charge >= 0.3 is 0 Å². The third-order valence-corrected chi connectivity index (χ3v) is 3.53. The van der Waals surface area contributed by atoms with Crippen LogP contribution in [0.4, 0.5) is 5.82 Å². The highest BCUT2D eigenvalue weighted by Gasteiger charge is 2.21. The molecule has 0 amide bonds. The molecule has 5 nitrogen and oxygen atoms in total. The van der Waals surface area contributed by atoms with Crippen molar-refractivity contribution >= 4 is 5.82 Å². The van der Waals surface area contributed by atoms with Crippen molar-refractivity contribution < 1.29 is 9.15 Å². The van der Waals surface area contributed by atoms with Crippen LogP contribution in [-0.4, -0.2) is 16.9 Å².